The summed E-state index contributed by atoms with van der Waals surface area (Å²) in [5.74, 6) is -0.162. The molecular weight excluding hydrogens is 277 g/mol. The number of amides is 1. The lowest BCUT2D eigenvalue weighted by Crippen LogP contribution is -2.33. The van der Waals surface area contributed by atoms with E-state index in [1.54, 1.807) is 26.0 Å². The predicted molar refractivity (Wildman–Crippen MR) is 88.1 cm³/mol. The van der Waals surface area contributed by atoms with Crippen molar-refractivity contribution in [2.75, 3.05) is 0 Å². The zero-order valence-electron chi connectivity index (χ0n) is 13.0. The first-order valence-electron chi connectivity index (χ1n) is 7.23. The minimum Gasteiger partial charge on any atom is -0.423 e. The molecule has 0 aliphatic heterocycles. The zero-order chi connectivity index (χ0) is 16.3. The van der Waals surface area contributed by atoms with Crippen LogP contribution in [-0.4, -0.2) is 23.1 Å². The van der Waals surface area contributed by atoms with Gasteiger partial charge in [0.1, 0.15) is 0 Å². The van der Waals surface area contributed by atoms with Gasteiger partial charge in [0.15, 0.2) is 0 Å². The second kappa shape index (κ2) is 6.77. The van der Waals surface area contributed by atoms with Crippen molar-refractivity contribution < 1.29 is 14.8 Å². The Bertz CT molecular complexity index is 648. The van der Waals surface area contributed by atoms with Crippen LogP contribution in [0, 0.1) is 13.8 Å². The highest BCUT2D eigenvalue weighted by Gasteiger charge is 2.19. The number of carbonyl (C=O) groups excluding carboxylic acids is 1. The van der Waals surface area contributed by atoms with E-state index in [1.165, 1.54) is 0 Å². The largest absolute Gasteiger partial charge is 0.488 e. The van der Waals surface area contributed by atoms with Gasteiger partial charge in [-0.2, -0.15) is 0 Å². The highest BCUT2D eigenvalue weighted by Crippen LogP contribution is 2.16. The van der Waals surface area contributed by atoms with E-state index in [0.29, 0.717) is 11.0 Å². The van der Waals surface area contributed by atoms with Gasteiger partial charge >= 0.3 is 7.12 Å². The fraction of sp³-hybridized carbons (Fsp3) is 0.235. The summed E-state index contributed by atoms with van der Waals surface area (Å²) in [5.41, 5.74) is 3.45. The molecule has 1 atom stereocenters. The van der Waals surface area contributed by atoms with Gasteiger partial charge < -0.3 is 15.4 Å². The van der Waals surface area contributed by atoms with Gasteiger partial charge in [-0.05, 0) is 42.9 Å². The van der Waals surface area contributed by atoms with Crippen LogP contribution in [0.25, 0.3) is 0 Å². The Morgan fingerprint density at radius 1 is 1.09 bits per heavy atom. The van der Waals surface area contributed by atoms with E-state index in [0.717, 1.165) is 16.7 Å². The lowest BCUT2D eigenvalue weighted by atomic mass is 9.77. The van der Waals surface area contributed by atoms with Crippen molar-refractivity contribution in [2.45, 2.75) is 26.8 Å². The summed E-state index contributed by atoms with van der Waals surface area (Å²) in [6.07, 6.45) is 0. The van der Waals surface area contributed by atoms with Crippen LogP contribution in [0.2, 0.25) is 0 Å². The van der Waals surface area contributed by atoms with Crippen molar-refractivity contribution >= 4 is 18.5 Å². The second-order valence-electron chi connectivity index (χ2n) is 5.51. The molecule has 0 aliphatic carbocycles. The molecule has 0 bridgehead atoms. The first kappa shape index (κ1) is 16.3. The first-order chi connectivity index (χ1) is 10.4. The molecule has 0 fully saturated rings. The van der Waals surface area contributed by atoms with Crippen molar-refractivity contribution in [3.05, 3.63) is 64.7 Å². The molecular formula is C17H20BNO3. The Balaban J connectivity index is 2.23. The molecule has 4 nitrogen and oxygen atoms in total. The topological polar surface area (TPSA) is 69.6 Å². The molecule has 0 aliphatic rings. The average molecular weight is 297 g/mol. The quantitative estimate of drug-likeness (QED) is 0.749. The Kier molecular flexibility index (Phi) is 5.01. The molecule has 2 aromatic rings. The maximum Gasteiger partial charge on any atom is 0.488 e. The maximum atomic E-state index is 12.5. The van der Waals surface area contributed by atoms with Gasteiger partial charge in [0, 0.05) is 5.56 Å². The predicted octanol–water partition coefficient (Wildman–Crippen LogP) is 1.47. The maximum absolute atomic E-state index is 12.5. The van der Waals surface area contributed by atoms with Gasteiger partial charge in [-0.25, -0.2) is 0 Å². The van der Waals surface area contributed by atoms with Crippen LogP contribution in [0.1, 0.15) is 40.0 Å². The van der Waals surface area contributed by atoms with E-state index < -0.39 is 7.12 Å². The molecule has 0 saturated carbocycles. The summed E-state index contributed by atoms with van der Waals surface area (Å²) in [4.78, 5) is 12.5. The fourth-order valence-corrected chi connectivity index (χ4v) is 2.60. The summed E-state index contributed by atoms with van der Waals surface area (Å²) in [6, 6.07) is 12.9. The monoisotopic (exact) mass is 297 g/mol. The van der Waals surface area contributed by atoms with Crippen LogP contribution in [0.15, 0.2) is 42.5 Å². The van der Waals surface area contributed by atoms with E-state index >= 15 is 0 Å². The smallest absolute Gasteiger partial charge is 0.423 e. The Morgan fingerprint density at radius 3 is 2.14 bits per heavy atom. The molecule has 0 saturated heterocycles. The Hall–Kier alpha value is -2.11. The summed E-state index contributed by atoms with van der Waals surface area (Å²) in [5, 5.41) is 21.5. The number of hydrogen-bond donors (Lipinski definition) is 3. The highest BCUT2D eigenvalue weighted by atomic mass is 16.4. The molecule has 0 spiro atoms. The van der Waals surface area contributed by atoms with Crippen molar-refractivity contribution in [3.63, 3.8) is 0 Å². The number of carbonyl (C=O) groups is 1. The molecule has 2 aromatic carbocycles. The van der Waals surface area contributed by atoms with Gasteiger partial charge in [-0.3, -0.25) is 4.79 Å². The standard InChI is InChI=1S/C17H20BNO3/c1-11-9-15(18(21)22)10-12(2)16(11)17(20)19-13(3)14-7-5-4-6-8-14/h4-10,13,21-22H,1-3H3,(H,19,20)/t13-/m1/s1. The molecule has 0 aromatic heterocycles. The Labute approximate surface area is 131 Å². The first-order valence-corrected chi connectivity index (χ1v) is 7.23. The van der Waals surface area contributed by atoms with Gasteiger partial charge in [0.05, 0.1) is 6.04 Å². The number of rotatable bonds is 4. The van der Waals surface area contributed by atoms with Crippen LogP contribution in [0.3, 0.4) is 0 Å². The summed E-state index contributed by atoms with van der Waals surface area (Å²) >= 11 is 0. The van der Waals surface area contributed by atoms with E-state index in [-0.39, 0.29) is 11.9 Å². The highest BCUT2D eigenvalue weighted by molar-refractivity contribution is 6.58. The van der Waals surface area contributed by atoms with Crippen LogP contribution in [0.5, 0.6) is 0 Å². The molecule has 5 heteroatoms. The van der Waals surface area contributed by atoms with Crippen LogP contribution in [0.4, 0.5) is 0 Å². The van der Waals surface area contributed by atoms with Crippen LogP contribution >= 0.6 is 0 Å². The lowest BCUT2D eigenvalue weighted by Gasteiger charge is -2.17. The van der Waals surface area contributed by atoms with Gasteiger partial charge in [0.25, 0.3) is 5.91 Å². The molecule has 22 heavy (non-hydrogen) atoms. The van der Waals surface area contributed by atoms with Crippen LogP contribution in [-0.2, 0) is 0 Å². The lowest BCUT2D eigenvalue weighted by molar-refractivity contribution is 0.0938. The van der Waals surface area contributed by atoms with Gasteiger partial charge in [0.2, 0.25) is 0 Å². The molecule has 0 heterocycles. The third-order valence-electron chi connectivity index (χ3n) is 3.73. The summed E-state index contributed by atoms with van der Waals surface area (Å²) in [6.45, 7) is 5.52. The van der Waals surface area contributed by atoms with Crippen LogP contribution < -0.4 is 10.8 Å². The summed E-state index contributed by atoms with van der Waals surface area (Å²) < 4.78 is 0. The van der Waals surface area contributed by atoms with E-state index in [4.69, 9.17) is 0 Å². The molecule has 3 N–H and O–H groups in total. The van der Waals surface area contributed by atoms with E-state index in [1.807, 2.05) is 37.3 Å². The third-order valence-corrected chi connectivity index (χ3v) is 3.73. The number of benzene rings is 2. The van der Waals surface area contributed by atoms with Crippen molar-refractivity contribution in [2.24, 2.45) is 0 Å². The third kappa shape index (κ3) is 3.56. The minimum absolute atomic E-state index is 0.101. The minimum atomic E-state index is -1.53. The van der Waals surface area contributed by atoms with E-state index in [2.05, 4.69) is 5.32 Å². The SMILES string of the molecule is Cc1cc(B(O)O)cc(C)c1C(=O)N[C@H](C)c1ccccc1. The molecule has 2 rings (SSSR count). The molecule has 0 unspecified atom stereocenters. The number of nitrogens with one attached hydrogen (secondary N) is 1. The number of hydrogen-bond acceptors (Lipinski definition) is 3. The normalized spacial score (nSPS) is 11.9. The zero-order valence-corrected chi connectivity index (χ0v) is 13.0. The van der Waals surface area contributed by atoms with Crippen molar-refractivity contribution in [3.8, 4) is 0 Å². The molecule has 114 valence electrons. The number of aryl methyl sites for hydroxylation is 2. The molecule has 0 radical (unpaired) electrons. The van der Waals surface area contributed by atoms with Gasteiger partial charge in [-0.1, -0.05) is 42.5 Å². The van der Waals surface area contributed by atoms with E-state index in [9.17, 15) is 14.8 Å². The summed E-state index contributed by atoms with van der Waals surface area (Å²) in [7, 11) is -1.53. The van der Waals surface area contributed by atoms with Crippen molar-refractivity contribution in [1.29, 1.82) is 0 Å². The van der Waals surface area contributed by atoms with Crippen molar-refractivity contribution in [1.82, 2.24) is 5.32 Å². The Morgan fingerprint density at radius 2 is 1.64 bits per heavy atom. The molecule has 1 amide bonds. The second-order valence-corrected chi connectivity index (χ2v) is 5.51. The van der Waals surface area contributed by atoms with Gasteiger partial charge in [-0.15, -0.1) is 0 Å². The fourth-order valence-electron chi connectivity index (χ4n) is 2.60. The average Bonchev–Trinajstić information content (AvgIpc) is 2.47.